The summed E-state index contributed by atoms with van der Waals surface area (Å²) in [5.41, 5.74) is 4.56. The van der Waals surface area contributed by atoms with Crippen LogP contribution < -0.4 is 10.5 Å². The van der Waals surface area contributed by atoms with Crippen LogP contribution in [0.5, 0.6) is 0 Å². The summed E-state index contributed by atoms with van der Waals surface area (Å²) >= 11 is 0. The van der Waals surface area contributed by atoms with Crippen LogP contribution in [0.1, 0.15) is 5.56 Å². The van der Waals surface area contributed by atoms with Gasteiger partial charge in [0.25, 0.3) is 5.95 Å². The third-order valence-corrected chi connectivity index (χ3v) is 4.83. The van der Waals surface area contributed by atoms with Gasteiger partial charge in [0.2, 0.25) is 0 Å². The van der Waals surface area contributed by atoms with Gasteiger partial charge in [-0.25, -0.2) is 14.7 Å². The Bertz CT molecular complexity index is 1160. The summed E-state index contributed by atoms with van der Waals surface area (Å²) < 4.78 is 1.76. The number of imidazole rings is 1. The topological polar surface area (TPSA) is 118 Å². The summed E-state index contributed by atoms with van der Waals surface area (Å²) in [7, 11) is 1.83. The summed E-state index contributed by atoms with van der Waals surface area (Å²) in [4.78, 5) is 24.2. The van der Waals surface area contributed by atoms with Crippen molar-refractivity contribution in [2.75, 3.05) is 37.0 Å². The van der Waals surface area contributed by atoms with E-state index in [1.54, 1.807) is 10.9 Å². The second kappa shape index (κ2) is 10.8. The Kier molecular flexibility index (Phi) is 7.43. The van der Waals surface area contributed by atoms with Gasteiger partial charge in [0.15, 0.2) is 17.0 Å². The lowest BCUT2D eigenvalue weighted by atomic mass is 10.0. The highest BCUT2D eigenvalue weighted by molar-refractivity contribution is 5.84. The lowest BCUT2D eigenvalue weighted by molar-refractivity contribution is -0.106. The SMILES string of the molecule is Cn1cnc2c(NCc3ccc(-c4ccccc4)cc3)nc(N(OCCO)OCCO)nc21. The molecular formula is C23H26N6O4. The minimum atomic E-state index is -0.211. The molecule has 2 heterocycles. The minimum absolute atomic E-state index is 0.0191. The highest BCUT2D eigenvalue weighted by Crippen LogP contribution is 2.24. The molecule has 0 saturated carbocycles. The van der Waals surface area contributed by atoms with Crippen LogP contribution in [0.15, 0.2) is 60.9 Å². The third-order valence-electron chi connectivity index (χ3n) is 4.83. The van der Waals surface area contributed by atoms with Crippen LogP contribution in [0.2, 0.25) is 0 Å². The quantitative estimate of drug-likeness (QED) is 0.296. The largest absolute Gasteiger partial charge is 0.394 e. The fraction of sp³-hybridized carbons (Fsp3) is 0.261. The molecule has 0 fully saturated rings. The number of aryl methyl sites for hydroxylation is 1. The van der Waals surface area contributed by atoms with Gasteiger partial charge < -0.3 is 20.1 Å². The first-order valence-electron chi connectivity index (χ1n) is 10.5. The highest BCUT2D eigenvalue weighted by Gasteiger charge is 2.18. The maximum atomic E-state index is 9.10. The van der Waals surface area contributed by atoms with E-state index in [2.05, 4.69) is 56.7 Å². The number of anilines is 2. The van der Waals surface area contributed by atoms with Gasteiger partial charge in [-0.3, -0.25) is 0 Å². The number of benzene rings is 2. The zero-order valence-electron chi connectivity index (χ0n) is 18.3. The lowest BCUT2D eigenvalue weighted by Crippen LogP contribution is -2.29. The zero-order chi connectivity index (χ0) is 23.0. The number of hydrogen-bond acceptors (Lipinski definition) is 9. The summed E-state index contributed by atoms with van der Waals surface area (Å²) in [6, 6.07) is 18.5. The molecular weight excluding hydrogens is 424 g/mol. The average molecular weight is 450 g/mol. The van der Waals surface area contributed by atoms with E-state index in [1.807, 2.05) is 25.2 Å². The molecule has 172 valence electrons. The van der Waals surface area contributed by atoms with Crippen LogP contribution in [-0.4, -0.2) is 56.2 Å². The van der Waals surface area contributed by atoms with E-state index in [0.717, 1.165) is 16.4 Å². The molecule has 0 spiro atoms. The van der Waals surface area contributed by atoms with E-state index in [1.165, 1.54) is 5.56 Å². The number of fused-ring (bicyclic) bond motifs is 1. The van der Waals surface area contributed by atoms with E-state index in [9.17, 15) is 0 Å². The molecule has 3 N–H and O–H groups in total. The molecule has 10 nitrogen and oxygen atoms in total. The Morgan fingerprint density at radius 3 is 2.24 bits per heavy atom. The fourth-order valence-corrected chi connectivity index (χ4v) is 3.23. The van der Waals surface area contributed by atoms with Crippen LogP contribution >= 0.6 is 0 Å². The van der Waals surface area contributed by atoms with Gasteiger partial charge in [-0.1, -0.05) is 59.8 Å². The lowest BCUT2D eigenvalue weighted by Gasteiger charge is -2.20. The van der Waals surface area contributed by atoms with Gasteiger partial charge in [0, 0.05) is 13.6 Å². The first kappa shape index (κ1) is 22.6. The molecule has 4 aromatic rings. The highest BCUT2D eigenvalue weighted by atomic mass is 17.0. The Balaban J connectivity index is 1.56. The van der Waals surface area contributed by atoms with E-state index >= 15 is 0 Å². The Labute approximate surface area is 191 Å². The van der Waals surface area contributed by atoms with Crippen molar-refractivity contribution in [1.29, 1.82) is 0 Å². The molecule has 0 unspecified atom stereocenters. The summed E-state index contributed by atoms with van der Waals surface area (Å²) in [5.74, 6) is 0.628. The Hall–Kier alpha value is -3.57. The van der Waals surface area contributed by atoms with Gasteiger partial charge in [0.05, 0.1) is 19.5 Å². The van der Waals surface area contributed by atoms with Crippen molar-refractivity contribution >= 4 is 22.9 Å². The van der Waals surface area contributed by atoms with Gasteiger partial charge in [-0.15, -0.1) is 0 Å². The normalized spacial score (nSPS) is 11.1. The number of aliphatic hydroxyl groups is 2. The van der Waals surface area contributed by atoms with Crippen molar-refractivity contribution in [1.82, 2.24) is 19.5 Å². The van der Waals surface area contributed by atoms with Crippen LogP contribution in [0.4, 0.5) is 11.8 Å². The number of hydrogen-bond donors (Lipinski definition) is 3. The number of rotatable bonds is 11. The molecule has 0 bridgehead atoms. The van der Waals surface area contributed by atoms with Gasteiger partial charge in [0.1, 0.15) is 13.2 Å². The van der Waals surface area contributed by atoms with E-state index in [4.69, 9.17) is 19.9 Å². The number of nitrogens with zero attached hydrogens (tertiary/aromatic N) is 5. The maximum Gasteiger partial charge on any atom is 0.281 e. The molecule has 0 amide bonds. The second-order valence-electron chi connectivity index (χ2n) is 7.19. The van der Waals surface area contributed by atoms with Crippen LogP contribution in [-0.2, 0) is 23.3 Å². The van der Waals surface area contributed by atoms with Crippen molar-refractivity contribution in [3.63, 3.8) is 0 Å². The van der Waals surface area contributed by atoms with Crippen molar-refractivity contribution < 1.29 is 19.9 Å². The molecule has 0 aliphatic carbocycles. The monoisotopic (exact) mass is 450 g/mol. The first-order valence-corrected chi connectivity index (χ1v) is 10.5. The van der Waals surface area contributed by atoms with Crippen molar-refractivity contribution in [2.24, 2.45) is 7.05 Å². The van der Waals surface area contributed by atoms with Crippen molar-refractivity contribution in [3.05, 3.63) is 66.5 Å². The van der Waals surface area contributed by atoms with E-state index < -0.39 is 0 Å². The fourth-order valence-electron chi connectivity index (χ4n) is 3.23. The molecule has 0 aliphatic heterocycles. The molecule has 0 saturated heterocycles. The maximum absolute atomic E-state index is 9.10. The molecule has 2 aromatic carbocycles. The van der Waals surface area contributed by atoms with Gasteiger partial charge >= 0.3 is 0 Å². The molecule has 2 aromatic heterocycles. The summed E-state index contributed by atoms with van der Waals surface area (Å²) in [5, 5.41) is 22.5. The molecule has 0 aliphatic rings. The second-order valence-corrected chi connectivity index (χ2v) is 7.19. The summed E-state index contributed by atoms with van der Waals surface area (Å²) in [6.45, 7) is 0.0592. The third kappa shape index (κ3) is 5.44. The number of nitrogens with one attached hydrogen (secondary N) is 1. The van der Waals surface area contributed by atoms with E-state index in [0.29, 0.717) is 23.5 Å². The van der Waals surface area contributed by atoms with Gasteiger partial charge in [-0.2, -0.15) is 9.97 Å². The van der Waals surface area contributed by atoms with Crippen molar-refractivity contribution in [3.8, 4) is 11.1 Å². The standard InChI is InChI=1S/C23H26N6O4/c1-28-16-25-20-21(26-23(27-22(20)28)29(32-13-11-30)33-14-12-31)24-15-17-7-9-19(10-8-17)18-5-3-2-4-6-18/h2-10,16,30-31H,11-15H2,1H3,(H,24,26,27). The van der Waals surface area contributed by atoms with Crippen molar-refractivity contribution in [2.45, 2.75) is 6.54 Å². The van der Waals surface area contributed by atoms with Crippen LogP contribution in [0.25, 0.3) is 22.3 Å². The molecule has 10 heteroatoms. The minimum Gasteiger partial charge on any atom is -0.394 e. The Morgan fingerprint density at radius 2 is 1.58 bits per heavy atom. The van der Waals surface area contributed by atoms with Crippen LogP contribution in [0, 0.1) is 0 Å². The van der Waals surface area contributed by atoms with Gasteiger partial charge in [-0.05, 0) is 16.7 Å². The predicted octanol–water partition coefficient (Wildman–Crippen LogP) is 2.30. The predicted molar refractivity (Wildman–Crippen MR) is 124 cm³/mol. The zero-order valence-corrected chi connectivity index (χ0v) is 18.3. The van der Waals surface area contributed by atoms with E-state index in [-0.39, 0.29) is 32.4 Å². The molecule has 0 atom stereocenters. The molecule has 4 rings (SSSR count). The Morgan fingerprint density at radius 1 is 0.909 bits per heavy atom. The number of aromatic nitrogens is 4. The molecule has 0 radical (unpaired) electrons. The van der Waals surface area contributed by atoms with Crippen LogP contribution in [0.3, 0.4) is 0 Å². The molecule has 33 heavy (non-hydrogen) atoms. The summed E-state index contributed by atoms with van der Waals surface area (Å²) in [6.07, 6.45) is 1.65. The first-order chi connectivity index (χ1) is 16.2. The average Bonchev–Trinajstić information content (AvgIpc) is 3.24. The smallest absolute Gasteiger partial charge is 0.281 e. The number of aliphatic hydroxyl groups excluding tert-OH is 2.